The van der Waals surface area contributed by atoms with Gasteiger partial charge in [0.2, 0.25) is 0 Å². The molecule has 24 heavy (non-hydrogen) atoms. The average Bonchev–Trinajstić information content (AvgIpc) is 2.60. The van der Waals surface area contributed by atoms with Crippen molar-refractivity contribution in [3.8, 4) is 0 Å². The number of hydrogen-bond donors (Lipinski definition) is 1. The molecule has 1 aliphatic heterocycles. The van der Waals surface area contributed by atoms with E-state index in [1.165, 1.54) is 0 Å². The topological polar surface area (TPSA) is 66.3 Å². The molecule has 1 N–H and O–H groups in total. The molecular weight excluding hydrogens is 302 g/mol. The van der Waals surface area contributed by atoms with E-state index in [1.54, 1.807) is 12.4 Å². The van der Waals surface area contributed by atoms with Gasteiger partial charge in [0.05, 0.1) is 17.1 Å². The van der Waals surface area contributed by atoms with Gasteiger partial charge < -0.3 is 10.0 Å². The summed E-state index contributed by atoms with van der Waals surface area (Å²) >= 11 is 0. The number of aryl methyl sites for hydroxylation is 1. The molecule has 2 aromatic heterocycles. The van der Waals surface area contributed by atoms with Gasteiger partial charge in [0.15, 0.2) is 0 Å². The second kappa shape index (κ2) is 5.60. The Bertz CT molecular complexity index is 939. The first-order chi connectivity index (χ1) is 11.6. The molecule has 0 saturated carbocycles. The Kier molecular flexibility index (Phi) is 3.41. The van der Waals surface area contributed by atoms with Crippen molar-refractivity contribution in [2.75, 3.05) is 11.4 Å². The van der Waals surface area contributed by atoms with Crippen LogP contribution in [0.2, 0.25) is 0 Å². The van der Waals surface area contributed by atoms with Crippen LogP contribution in [0.3, 0.4) is 0 Å². The highest BCUT2D eigenvalue weighted by atomic mass is 16.4. The van der Waals surface area contributed by atoms with E-state index in [0.717, 1.165) is 33.4 Å². The number of carboxylic acids is 1. The molecule has 0 spiro atoms. The predicted octanol–water partition coefficient (Wildman–Crippen LogP) is 3.13. The average molecular weight is 319 g/mol. The molecule has 0 bridgehead atoms. The summed E-state index contributed by atoms with van der Waals surface area (Å²) in [5.74, 6) is -1.34. The van der Waals surface area contributed by atoms with Gasteiger partial charge >= 0.3 is 5.97 Å². The number of rotatable bonds is 2. The number of anilines is 1. The molecule has 5 nitrogen and oxygen atoms in total. The van der Waals surface area contributed by atoms with Gasteiger partial charge in [-0.3, -0.25) is 14.8 Å². The van der Waals surface area contributed by atoms with Crippen molar-refractivity contribution in [3.63, 3.8) is 0 Å². The minimum atomic E-state index is -0.797. The molecule has 0 saturated heterocycles. The Balaban J connectivity index is 1.84. The standard InChI is InChI=1S/C19H17N3O2/c1-12-6-8-21-18-16(7-9-20-17(12)18)22-10-13-4-2-3-5-14(13)15(11-22)19(23)24/h2-9,15H,10-11H2,1H3,(H,23,24). The maximum atomic E-state index is 11.8. The minimum absolute atomic E-state index is 0.432. The molecule has 0 fully saturated rings. The van der Waals surface area contributed by atoms with Gasteiger partial charge in [0.25, 0.3) is 0 Å². The van der Waals surface area contributed by atoms with Crippen LogP contribution in [0.4, 0.5) is 5.69 Å². The molecule has 120 valence electrons. The number of pyridine rings is 2. The van der Waals surface area contributed by atoms with E-state index in [0.29, 0.717) is 13.1 Å². The van der Waals surface area contributed by atoms with Gasteiger partial charge in [0, 0.05) is 25.5 Å². The van der Waals surface area contributed by atoms with Gasteiger partial charge in [0.1, 0.15) is 5.52 Å². The molecule has 3 heterocycles. The van der Waals surface area contributed by atoms with E-state index in [9.17, 15) is 9.90 Å². The largest absolute Gasteiger partial charge is 0.481 e. The summed E-state index contributed by atoms with van der Waals surface area (Å²) < 4.78 is 0. The summed E-state index contributed by atoms with van der Waals surface area (Å²) in [6.07, 6.45) is 3.54. The van der Waals surface area contributed by atoms with Crippen molar-refractivity contribution in [3.05, 3.63) is 65.5 Å². The smallest absolute Gasteiger partial charge is 0.312 e. The fourth-order valence-corrected chi connectivity index (χ4v) is 3.42. The van der Waals surface area contributed by atoms with E-state index in [1.807, 2.05) is 43.3 Å². The van der Waals surface area contributed by atoms with Gasteiger partial charge in [-0.25, -0.2) is 0 Å². The first kappa shape index (κ1) is 14.6. The zero-order valence-corrected chi connectivity index (χ0v) is 13.3. The summed E-state index contributed by atoms with van der Waals surface area (Å²) in [6, 6.07) is 11.6. The number of aromatic nitrogens is 2. The summed E-state index contributed by atoms with van der Waals surface area (Å²) in [5.41, 5.74) is 5.64. The monoisotopic (exact) mass is 319 g/mol. The van der Waals surface area contributed by atoms with Crippen LogP contribution in [0.15, 0.2) is 48.8 Å². The zero-order valence-electron chi connectivity index (χ0n) is 13.3. The fourth-order valence-electron chi connectivity index (χ4n) is 3.42. The zero-order chi connectivity index (χ0) is 16.7. The quantitative estimate of drug-likeness (QED) is 0.786. The first-order valence-corrected chi connectivity index (χ1v) is 7.91. The van der Waals surface area contributed by atoms with Gasteiger partial charge in [-0.2, -0.15) is 0 Å². The minimum Gasteiger partial charge on any atom is -0.481 e. The molecule has 0 aliphatic carbocycles. The van der Waals surface area contributed by atoms with Gasteiger partial charge in [-0.15, -0.1) is 0 Å². The number of aliphatic carboxylic acids is 1. The first-order valence-electron chi connectivity index (χ1n) is 7.91. The lowest BCUT2D eigenvalue weighted by Crippen LogP contribution is -2.37. The second-order valence-electron chi connectivity index (χ2n) is 6.13. The molecule has 0 radical (unpaired) electrons. The summed E-state index contributed by atoms with van der Waals surface area (Å²) in [7, 11) is 0. The highest BCUT2D eigenvalue weighted by Crippen LogP contribution is 2.34. The molecule has 5 heteroatoms. The molecular formula is C19H17N3O2. The maximum Gasteiger partial charge on any atom is 0.312 e. The summed E-state index contributed by atoms with van der Waals surface area (Å²) in [5, 5.41) is 9.65. The van der Waals surface area contributed by atoms with Crippen molar-refractivity contribution < 1.29 is 9.90 Å². The van der Waals surface area contributed by atoms with Crippen LogP contribution in [0.5, 0.6) is 0 Å². The Morgan fingerprint density at radius 2 is 1.88 bits per heavy atom. The van der Waals surface area contributed by atoms with Crippen molar-refractivity contribution in [1.82, 2.24) is 9.97 Å². The van der Waals surface area contributed by atoms with E-state index in [2.05, 4.69) is 14.9 Å². The van der Waals surface area contributed by atoms with Crippen molar-refractivity contribution in [2.24, 2.45) is 0 Å². The number of benzene rings is 1. The second-order valence-corrected chi connectivity index (χ2v) is 6.13. The van der Waals surface area contributed by atoms with E-state index in [-0.39, 0.29) is 0 Å². The maximum absolute atomic E-state index is 11.8. The van der Waals surface area contributed by atoms with Gasteiger partial charge in [-0.1, -0.05) is 24.3 Å². The van der Waals surface area contributed by atoms with Crippen molar-refractivity contribution in [1.29, 1.82) is 0 Å². The lowest BCUT2D eigenvalue weighted by atomic mass is 9.89. The molecule has 4 rings (SSSR count). The summed E-state index contributed by atoms with van der Waals surface area (Å²) in [6.45, 7) is 3.11. The molecule has 1 unspecified atom stereocenters. The number of carbonyl (C=O) groups is 1. The van der Waals surface area contributed by atoms with E-state index < -0.39 is 11.9 Å². The Labute approximate surface area is 139 Å². The summed E-state index contributed by atoms with van der Waals surface area (Å²) in [4.78, 5) is 22.8. The van der Waals surface area contributed by atoms with Crippen molar-refractivity contribution >= 4 is 22.7 Å². The van der Waals surface area contributed by atoms with Crippen LogP contribution in [0.25, 0.3) is 11.0 Å². The fraction of sp³-hybridized carbons (Fsp3) is 0.211. The number of carboxylic acid groups (broad SMARTS) is 1. The lowest BCUT2D eigenvalue weighted by Gasteiger charge is -2.34. The Morgan fingerprint density at radius 1 is 1.12 bits per heavy atom. The number of fused-ring (bicyclic) bond motifs is 2. The van der Waals surface area contributed by atoms with E-state index in [4.69, 9.17) is 0 Å². The van der Waals surface area contributed by atoms with Crippen LogP contribution >= 0.6 is 0 Å². The Hall–Kier alpha value is -2.95. The highest BCUT2D eigenvalue weighted by molar-refractivity contribution is 5.90. The number of hydrogen-bond acceptors (Lipinski definition) is 4. The van der Waals surface area contributed by atoms with Crippen LogP contribution in [0.1, 0.15) is 22.6 Å². The highest BCUT2D eigenvalue weighted by Gasteiger charge is 2.31. The number of nitrogens with zero attached hydrogens (tertiary/aromatic N) is 3. The third kappa shape index (κ3) is 2.29. The molecule has 1 aromatic carbocycles. The van der Waals surface area contributed by atoms with Crippen LogP contribution in [-0.2, 0) is 11.3 Å². The predicted molar refractivity (Wildman–Crippen MR) is 92.1 cm³/mol. The van der Waals surface area contributed by atoms with Crippen LogP contribution < -0.4 is 4.90 Å². The third-order valence-electron chi connectivity index (χ3n) is 4.64. The van der Waals surface area contributed by atoms with Gasteiger partial charge in [-0.05, 0) is 35.7 Å². The van der Waals surface area contributed by atoms with E-state index >= 15 is 0 Å². The molecule has 1 atom stereocenters. The van der Waals surface area contributed by atoms with Crippen LogP contribution in [-0.4, -0.2) is 27.6 Å². The third-order valence-corrected chi connectivity index (χ3v) is 4.64. The SMILES string of the molecule is Cc1ccnc2c(N3Cc4ccccc4C(C(=O)O)C3)ccnc12. The molecule has 1 aliphatic rings. The normalized spacial score (nSPS) is 16.9. The van der Waals surface area contributed by atoms with Crippen LogP contribution in [0, 0.1) is 6.92 Å². The Morgan fingerprint density at radius 3 is 2.71 bits per heavy atom. The lowest BCUT2D eigenvalue weighted by molar-refractivity contribution is -0.138. The molecule has 3 aromatic rings. The molecule has 0 amide bonds. The van der Waals surface area contributed by atoms with Crippen molar-refractivity contribution in [2.45, 2.75) is 19.4 Å².